The van der Waals surface area contributed by atoms with Crippen LogP contribution in [-0.2, 0) is 17.4 Å². The molecule has 23 heavy (non-hydrogen) atoms. The highest BCUT2D eigenvalue weighted by molar-refractivity contribution is 5.68. The average molecular weight is 324 g/mol. The lowest BCUT2D eigenvalue weighted by Crippen LogP contribution is -2.10. The van der Waals surface area contributed by atoms with E-state index in [0.717, 1.165) is 17.7 Å². The van der Waals surface area contributed by atoms with Crippen molar-refractivity contribution in [3.8, 4) is 5.75 Å². The van der Waals surface area contributed by atoms with Crippen LogP contribution >= 0.6 is 0 Å². The minimum atomic E-state index is -4.42. The Morgan fingerprint density at radius 3 is 2.04 bits per heavy atom. The van der Waals surface area contributed by atoms with Crippen LogP contribution in [0.15, 0.2) is 48.5 Å². The van der Waals surface area contributed by atoms with Gasteiger partial charge in [0, 0.05) is 0 Å². The number of hydrogen-bond donors (Lipinski definition) is 2. The van der Waals surface area contributed by atoms with Crippen molar-refractivity contribution in [2.75, 3.05) is 0 Å². The van der Waals surface area contributed by atoms with Crippen molar-refractivity contribution in [2.45, 2.75) is 24.9 Å². The van der Waals surface area contributed by atoms with E-state index in [0.29, 0.717) is 12.0 Å². The fourth-order valence-electron chi connectivity index (χ4n) is 2.38. The molecule has 1 unspecified atom stereocenters. The third kappa shape index (κ3) is 4.74. The second-order valence-electron chi connectivity index (χ2n) is 5.29. The molecule has 6 heteroatoms. The van der Waals surface area contributed by atoms with Gasteiger partial charge in [0.2, 0.25) is 0 Å². The number of carbonyl (C=O) groups is 1. The van der Waals surface area contributed by atoms with Gasteiger partial charge in [-0.3, -0.25) is 4.79 Å². The molecule has 0 saturated carbocycles. The van der Waals surface area contributed by atoms with Crippen LogP contribution in [0.1, 0.15) is 29.0 Å². The summed E-state index contributed by atoms with van der Waals surface area (Å²) in [5, 5.41) is 18.3. The maximum absolute atomic E-state index is 12.6. The zero-order valence-corrected chi connectivity index (χ0v) is 12.0. The van der Waals surface area contributed by atoms with Crippen molar-refractivity contribution < 1.29 is 28.2 Å². The Hall–Kier alpha value is -2.50. The van der Waals surface area contributed by atoms with Crippen LogP contribution in [0, 0.1) is 0 Å². The van der Waals surface area contributed by atoms with E-state index in [9.17, 15) is 23.1 Å². The number of carboxylic acids is 1. The van der Waals surface area contributed by atoms with E-state index in [-0.39, 0.29) is 12.2 Å². The number of aliphatic carboxylic acids is 1. The third-order valence-electron chi connectivity index (χ3n) is 3.55. The van der Waals surface area contributed by atoms with E-state index < -0.39 is 23.6 Å². The summed E-state index contributed by atoms with van der Waals surface area (Å²) in [4.78, 5) is 11.0. The van der Waals surface area contributed by atoms with Crippen molar-refractivity contribution >= 4 is 5.97 Å². The number of benzene rings is 2. The van der Waals surface area contributed by atoms with Crippen molar-refractivity contribution in [1.29, 1.82) is 0 Å². The smallest absolute Gasteiger partial charge is 0.416 e. The van der Waals surface area contributed by atoms with Gasteiger partial charge in [-0.25, -0.2) is 0 Å². The molecule has 2 N–H and O–H groups in total. The highest BCUT2D eigenvalue weighted by Gasteiger charge is 2.30. The number of phenolic OH excluding ortho intramolecular Hbond substituents is 1. The molecule has 0 spiro atoms. The highest BCUT2D eigenvalue weighted by Crippen LogP contribution is 2.32. The molecule has 2 aromatic rings. The van der Waals surface area contributed by atoms with E-state index in [2.05, 4.69) is 0 Å². The first-order chi connectivity index (χ1) is 10.8. The van der Waals surface area contributed by atoms with Gasteiger partial charge in [-0.1, -0.05) is 24.3 Å². The standard InChI is InChI=1S/C17H15F3O3/c18-17(19,20)14-5-3-12(4-6-14)13(10-16(22)23)9-11-1-7-15(21)8-2-11/h1-8,13,21H,9-10H2,(H,22,23). The molecule has 2 aromatic carbocycles. The number of halogens is 3. The summed E-state index contributed by atoms with van der Waals surface area (Å²) in [6, 6.07) is 10.8. The summed E-state index contributed by atoms with van der Waals surface area (Å²) in [5.74, 6) is -1.37. The van der Waals surface area contributed by atoms with Gasteiger partial charge in [0.25, 0.3) is 0 Å². The molecule has 122 valence electrons. The Morgan fingerprint density at radius 2 is 1.57 bits per heavy atom. The molecule has 0 fully saturated rings. The Labute approximate surface area is 131 Å². The molecule has 2 rings (SSSR count). The number of aromatic hydroxyl groups is 1. The Kier molecular flexibility index (Phi) is 4.93. The molecule has 1 atom stereocenters. The average Bonchev–Trinajstić information content (AvgIpc) is 2.48. The van der Waals surface area contributed by atoms with E-state index in [1.54, 1.807) is 12.1 Å². The van der Waals surface area contributed by atoms with Gasteiger partial charge < -0.3 is 10.2 Å². The molecule has 0 saturated heterocycles. The van der Waals surface area contributed by atoms with Crippen LogP contribution in [-0.4, -0.2) is 16.2 Å². The summed E-state index contributed by atoms with van der Waals surface area (Å²) < 4.78 is 37.8. The molecular weight excluding hydrogens is 309 g/mol. The lowest BCUT2D eigenvalue weighted by Gasteiger charge is -2.17. The topological polar surface area (TPSA) is 57.5 Å². The monoisotopic (exact) mass is 324 g/mol. The van der Waals surface area contributed by atoms with Gasteiger partial charge in [0.15, 0.2) is 0 Å². The van der Waals surface area contributed by atoms with Crippen LogP contribution in [0.5, 0.6) is 5.75 Å². The molecule has 3 nitrogen and oxygen atoms in total. The Bertz CT molecular complexity index is 661. The first kappa shape index (κ1) is 16.9. The van der Waals surface area contributed by atoms with Crippen LogP contribution < -0.4 is 0 Å². The van der Waals surface area contributed by atoms with Crippen molar-refractivity contribution in [1.82, 2.24) is 0 Å². The van der Waals surface area contributed by atoms with Crippen LogP contribution in [0.3, 0.4) is 0 Å². The molecule has 0 aliphatic heterocycles. The van der Waals surface area contributed by atoms with Crippen LogP contribution in [0.2, 0.25) is 0 Å². The Balaban J connectivity index is 2.24. The number of hydrogen-bond acceptors (Lipinski definition) is 2. The summed E-state index contributed by atoms with van der Waals surface area (Å²) in [7, 11) is 0. The number of alkyl halides is 3. The highest BCUT2D eigenvalue weighted by atomic mass is 19.4. The van der Waals surface area contributed by atoms with Gasteiger partial charge in [-0.05, 0) is 47.7 Å². The maximum atomic E-state index is 12.6. The van der Waals surface area contributed by atoms with Crippen LogP contribution in [0.25, 0.3) is 0 Å². The normalized spacial score (nSPS) is 12.8. The maximum Gasteiger partial charge on any atom is 0.416 e. The zero-order chi connectivity index (χ0) is 17.0. The number of phenols is 1. The molecule has 0 radical (unpaired) electrons. The Morgan fingerprint density at radius 1 is 1.00 bits per heavy atom. The molecule has 0 aliphatic carbocycles. The van der Waals surface area contributed by atoms with Crippen molar-refractivity contribution in [3.05, 3.63) is 65.2 Å². The minimum absolute atomic E-state index is 0.0954. The van der Waals surface area contributed by atoms with Crippen molar-refractivity contribution in [2.24, 2.45) is 0 Å². The molecule has 0 heterocycles. The molecule has 0 amide bonds. The van der Waals surface area contributed by atoms with Crippen molar-refractivity contribution in [3.63, 3.8) is 0 Å². The van der Waals surface area contributed by atoms with Gasteiger partial charge in [-0.15, -0.1) is 0 Å². The molecular formula is C17H15F3O3. The lowest BCUT2D eigenvalue weighted by atomic mass is 9.89. The third-order valence-corrected chi connectivity index (χ3v) is 3.55. The number of rotatable bonds is 5. The zero-order valence-electron chi connectivity index (χ0n) is 12.0. The molecule has 0 aliphatic rings. The van der Waals surface area contributed by atoms with E-state index in [4.69, 9.17) is 5.11 Å². The first-order valence-electron chi connectivity index (χ1n) is 6.92. The number of carboxylic acid groups (broad SMARTS) is 1. The van der Waals surface area contributed by atoms with Gasteiger partial charge in [0.05, 0.1) is 12.0 Å². The largest absolute Gasteiger partial charge is 0.508 e. The summed E-state index contributed by atoms with van der Waals surface area (Å²) in [5.41, 5.74) is 0.572. The van der Waals surface area contributed by atoms with Crippen LogP contribution in [0.4, 0.5) is 13.2 Å². The fraction of sp³-hybridized carbons (Fsp3) is 0.235. The second kappa shape index (κ2) is 6.73. The summed E-state index contributed by atoms with van der Waals surface area (Å²) in [6.45, 7) is 0. The predicted octanol–water partition coefficient (Wildman–Crippen LogP) is 4.21. The van der Waals surface area contributed by atoms with E-state index >= 15 is 0 Å². The van der Waals surface area contributed by atoms with Gasteiger partial charge in [0.1, 0.15) is 5.75 Å². The predicted molar refractivity (Wildman–Crippen MR) is 78.2 cm³/mol. The van der Waals surface area contributed by atoms with Gasteiger partial charge in [-0.2, -0.15) is 13.2 Å². The van der Waals surface area contributed by atoms with E-state index in [1.807, 2.05) is 0 Å². The summed E-state index contributed by atoms with van der Waals surface area (Å²) >= 11 is 0. The van der Waals surface area contributed by atoms with E-state index in [1.165, 1.54) is 24.3 Å². The van der Waals surface area contributed by atoms with Gasteiger partial charge >= 0.3 is 12.1 Å². The SMILES string of the molecule is O=C(O)CC(Cc1ccc(O)cc1)c1ccc(C(F)(F)F)cc1. The lowest BCUT2D eigenvalue weighted by molar-refractivity contribution is -0.138. The minimum Gasteiger partial charge on any atom is -0.508 e. The first-order valence-corrected chi connectivity index (χ1v) is 6.92. The molecule has 0 aromatic heterocycles. The second-order valence-corrected chi connectivity index (χ2v) is 5.29. The summed E-state index contributed by atoms with van der Waals surface area (Å²) in [6.07, 6.45) is -4.25. The quantitative estimate of drug-likeness (QED) is 0.866. The molecule has 0 bridgehead atoms. The fourth-order valence-corrected chi connectivity index (χ4v) is 2.38.